The number of hydrogen-bond acceptors (Lipinski definition) is 4. The fourth-order valence-electron chi connectivity index (χ4n) is 1.14. The van der Waals surface area contributed by atoms with Crippen LogP contribution in [-0.2, 0) is 0 Å². The second-order valence-electron chi connectivity index (χ2n) is 2.91. The van der Waals surface area contributed by atoms with Crippen molar-refractivity contribution < 1.29 is 4.42 Å². The lowest BCUT2D eigenvalue weighted by Crippen LogP contribution is -1.84. The highest BCUT2D eigenvalue weighted by atomic mass is 32.2. The Bertz CT molecular complexity index is 513. The molecule has 0 fully saturated rings. The van der Waals surface area contributed by atoms with Crippen molar-refractivity contribution in [2.24, 2.45) is 0 Å². The Morgan fingerprint density at radius 3 is 3.00 bits per heavy atom. The van der Waals surface area contributed by atoms with Crippen LogP contribution in [0.2, 0.25) is 0 Å². The van der Waals surface area contributed by atoms with Crippen LogP contribution in [0.15, 0.2) is 45.0 Å². The smallest absolute Gasteiger partial charge is 0.119 e. The molecule has 0 aliphatic heterocycles. The highest BCUT2D eigenvalue weighted by Crippen LogP contribution is 2.31. The molecule has 0 atom stereocenters. The third kappa shape index (κ3) is 2.03. The van der Waals surface area contributed by atoms with Gasteiger partial charge in [0.05, 0.1) is 16.7 Å². The number of furan rings is 1. The number of rotatable bonds is 2. The summed E-state index contributed by atoms with van der Waals surface area (Å²) in [7, 11) is 0. The van der Waals surface area contributed by atoms with Gasteiger partial charge in [0.25, 0.3) is 0 Å². The molecular weight excluding hydrogens is 208 g/mol. The Hall–Kier alpha value is -1.73. The summed E-state index contributed by atoms with van der Waals surface area (Å²) in [5.74, 6) is 0.842. The molecule has 2 rings (SSSR count). The molecule has 0 aliphatic rings. The van der Waals surface area contributed by atoms with E-state index in [4.69, 9.17) is 9.68 Å². The van der Waals surface area contributed by atoms with E-state index in [1.54, 1.807) is 24.6 Å². The summed E-state index contributed by atoms with van der Waals surface area (Å²) in [6.07, 6.45) is 3.31. The predicted octanol–water partition coefficient (Wildman–Crippen LogP) is 3.01. The summed E-state index contributed by atoms with van der Waals surface area (Å²) in [4.78, 5) is 5.16. The molecule has 15 heavy (non-hydrogen) atoms. The molecule has 0 spiro atoms. The van der Waals surface area contributed by atoms with Gasteiger partial charge < -0.3 is 4.42 Å². The molecule has 0 amide bonds. The molecule has 3 nitrogen and oxygen atoms in total. The molecule has 2 aromatic heterocycles. The monoisotopic (exact) mass is 216 g/mol. The SMILES string of the molecule is Cc1occc1Sc1ncccc1C#N. The van der Waals surface area contributed by atoms with E-state index in [2.05, 4.69) is 11.1 Å². The first kappa shape index (κ1) is 9.81. The van der Waals surface area contributed by atoms with Crippen molar-refractivity contribution >= 4 is 11.8 Å². The molecule has 0 N–H and O–H groups in total. The van der Waals surface area contributed by atoms with Crippen LogP contribution >= 0.6 is 11.8 Å². The summed E-state index contributed by atoms with van der Waals surface area (Å²) >= 11 is 1.44. The van der Waals surface area contributed by atoms with Crippen molar-refractivity contribution in [1.29, 1.82) is 5.26 Å². The Morgan fingerprint density at radius 2 is 2.33 bits per heavy atom. The van der Waals surface area contributed by atoms with Crippen LogP contribution in [0.3, 0.4) is 0 Å². The maximum atomic E-state index is 8.89. The minimum atomic E-state index is 0.586. The molecule has 0 saturated heterocycles. The highest BCUT2D eigenvalue weighted by molar-refractivity contribution is 7.99. The maximum Gasteiger partial charge on any atom is 0.119 e. The summed E-state index contributed by atoms with van der Waals surface area (Å²) in [5, 5.41) is 9.60. The van der Waals surface area contributed by atoms with Gasteiger partial charge in [0.15, 0.2) is 0 Å². The van der Waals surface area contributed by atoms with Crippen LogP contribution in [0.1, 0.15) is 11.3 Å². The van der Waals surface area contributed by atoms with Crippen LogP contribution in [-0.4, -0.2) is 4.98 Å². The van der Waals surface area contributed by atoms with E-state index in [9.17, 15) is 0 Å². The summed E-state index contributed by atoms with van der Waals surface area (Å²) in [5.41, 5.74) is 0.586. The van der Waals surface area contributed by atoms with E-state index in [-0.39, 0.29) is 0 Å². The second kappa shape index (κ2) is 4.20. The standard InChI is InChI=1S/C11H8N2OS/c1-8-10(4-6-14-8)15-11-9(7-12)3-2-5-13-11/h2-6H,1H3. The lowest BCUT2D eigenvalue weighted by atomic mass is 10.3. The Balaban J connectivity index is 2.33. The Kier molecular flexibility index (Phi) is 2.75. The average molecular weight is 216 g/mol. The minimum Gasteiger partial charge on any atom is -0.468 e. The number of aromatic nitrogens is 1. The molecule has 0 unspecified atom stereocenters. The summed E-state index contributed by atoms with van der Waals surface area (Å²) in [6, 6.07) is 7.49. The van der Waals surface area contributed by atoms with E-state index in [1.165, 1.54) is 11.8 Å². The number of pyridine rings is 1. The van der Waals surface area contributed by atoms with Crippen molar-refractivity contribution in [3.8, 4) is 6.07 Å². The lowest BCUT2D eigenvalue weighted by Gasteiger charge is -2.00. The zero-order valence-electron chi connectivity index (χ0n) is 8.10. The molecule has 0 saturated carbocycles. The zero-order valence-corrected chi connectivity index (χ0v) is 8.91. The number of aryl methyl sites for hydroxylation is 1. The van der Waals surface area contributed by atoms with E-state index < -0.39 is 0 Å². The van der Waals surface area contributed by atoms with Crippen LogP contribution in [0.5, 0.6) is 0 Å². The average Bonchev–Trinajstić information content (AvgIpc) is 2.65. The molecule has 0 aromatic carbocycles. The molecule has 2 aromatic rings. The van der Waals surface area contributed by atoms with E-state index in [0.29, 0.717) is 10.6 Å². The summed E-state index contributed by atoms with van der Waals surface area (Å²) in [6.45, 7) is 1.89. The fourth-order valence-corrected chi connectivity index (χ4v) is 2.00. The summed E-state index contributed by atoms with van der Waals surface area (Å²) < 4.78 is 5.18. The van der Waals surface area contributed by atoms with Crippen molar-refractivity contribution in [2.45, 2.75) is 16.8 Å². The van der Waals surface area contributed by atoms with Crippen LogP contribution in [0, 0.1) is 18.3 Å². The lowest BCUT2D eigenvalue weighted by molar-refractivity contribution is 0.527. The normalized spacial score (nSPS) is 9.87. The Labute approximate surface area is 91.7 Å². The van der Waals surface area contributed by atoms with Gasteiger partial charge in [-0.3, -0.25) is 0 Å². The Morgan fingerprint density at radius 1 is 1.47 bits per heavy atom. The van der Waals surface area contributed by atoms with Gasteiger partial charge in [-0.05, 0) is 25.1 Å². The maximum absolute atomic E-state index is 8.89. The van der Waals surface area contributed by atoms with Gasteiger partial charge in [-0.15, -0.1) is 0 Å². The van der Waals surface area contributed by atoms with Gasteiger partial charge in [0, 0.05) is 6.20 Å². The van der Waals surface area contributed by atoms with Gasteiger partial charge in [0.2, 0.25) is 0 Å². The highest BCUT2D eigenvalue weighted by Gasteiger charge is 2.08. The molecule has 2 heterocycles. The van der Waals surface area contributed by atoms with E-state index >= 15 is 0 Å². The first-order chi connectivity index (χ1) is 7.31. The van der Waals surface area contributed by atoms with Crippen molar-refractivity contribution in [1.82, 2.24) is 4.98 Å². The van der Waals surface area contributed by atoms with Gasteiger partial charge in [-0.2, -0.15) is 5.26 Å². The van der Waals surface area contributed by atoms with Crippen LogP contribution in [0.25, 0.3) is 0 Å². The number of nitriles is 1. The van der Waals surface area contributed by atoms with Crippen molar-refractivity contribution in [2.75, 3.05) is 0 Å². The van der Waals surface area contributed by atoms with Crippen molar-refractivity contribution in [3.63, 3.8) is 0 Å². The van der Waals surface area contributed by atoms with E-state index in [1.807, 2.05) is 13.0 Å². The van der Waals surface area contributed by atoms with Crippen molar-refractivity contribution in [3.05, 3.63) is 42.0 Å². The first-order valence-corrected chi connectivity index (χ1v) is 5.20. The quantitative estimate of drug-likeness (QED) is 0.774. The third-order valence-corrected chi connectivity index (χ3v) is 3.07. The van der Waals surface area contributed by atoms with Gasteiger partial charge in [-0.1, -0.05) is 11.8 Å². The van der Waals surface area contributed by atoms with Crippen LogP contribution < -0.4 is 0 Å². The molecule has 0 radical (unpaired) electrons. The topological polar surface area (TPSA) is 49.8 Å². The second-order valence-corrected chi connectivity index (χ2v) is 3.94. The van der Waals surface area contributed by atoms with E-state index in [0.717, 1.165) is 10.7 Å². The molecule has 0 aliphatic carbocycles. The number of hydrogen-bond donors (Lipinski definition) is 0. The first-order valence-electron chi connectivity index (χ1n) is 4.38. The molecule has 74 valence electrons. The molecule has 0 bridgehead atoms. The largest absolute Gasteiger partial charge is 0.468 e. The van der Waals surface area contributed by atoms with Crippen LogP contribution in [0.4, 0.5) is 0 Å². The molecular formula is C11H8N2OS. The predicted molar refractivity (Wildman–Crippen MR) is 56.5 cm³/mol. The van der Waals surface area contributed by atoms with Gasteiger partial charge in [0.1, 0.15) is 16.9 Å². The zero-order chi connectivity index (χ0) is 10.7. The minimum absolute atomic E-state index is 0.586. The number of nitrogens with zero attached hydrogens (tertiary/aromatic N) is 2. The third-order valence-electron chi connectivity index (χ3n) is 1.91. The van der Waals surface area contributed by atoms with Gasteiger partial charge >= 0.3 is 0 Å². The molecule has 4 heteroatoms. The van der Waals surface area contributed by atoms with Gasteiger partial charge in [-0.25, -0.2) is 4.98 Å². The fraction of sp³-hybridized carbons (Fsp3) is 0.0909.